The highest BCUT2D eigenvalue weighted by molar-refractivity contribution is 5.93. The average molecular weight is 149 g/mol. The maximum atomic E-state index is 10.7. The summed E-state index contributed by atoms with van der Waals surface area (Å²) in [7, 11) is 0. The van der Waals surface area contributed by atoms with Crippen LogP contribution in [-0.4, -0.2) is 24.5 Å². The second kappa shape index (κ2) is 2.30. The fourth-order valence-electron chi connectivity index (χ4n) is 1.12. The van der Waals surface area contributed by atoms with Gasteiger partial charge in [0.1, 0.15) is 0 Å². The van der Waals surface area contributed by atoms with Crippen LogP contribution < -0.4 is 5.32 Å². The molecule has 0 aliphatic carbocycles. The topological polar surface area (TPSA) is 53.8 Å². The van der Waals surface area contributed by atoms with E-state index in [1.165, 1.54) is 0 Å². The van der Waals surface area contributed by atoms with Gasteiger partial charge in [-0.2, -0.15) is 0 Å². The predicted molar refractivity (Wildman–Crippen MR) is 41.9 cm³/mol. The van der Waals surface area contributed by atoms with E-state index in [4.69, 9.17) is 0 Å². The van der Waals surface area contributed by atoms with Crippen LogP contribution in [-0.2, 0) is 0 Å². The third-order valence-electron chi connectivity index (χ3n) is 1.71. The largest absolute Gasteiger partial charge is 0.341 e. The average Bonchev–Trinajstić information content (AvgIpc) is 2.04. The summed E-state index contributed by atoms with van der Waals surface area (Å²) in [4.78, 5) is 18.3. The van der Waals surface area contributed by atoms with Gasteiger partial charge in [0.05, 0.1) is 6.04 Å². The smallest absolute Gasteiger partial charge is 0.328 e. The molecule has 2 aliphatic rings. The van der Waals surface area contributed by atoms with Crippen molar-refractivity contribution in [1.29, 1.82) is 0 Å². The van der Waals surface area contributed by atoms with Crippen LogP contribution in [0.15, 0.2) is 22.3 Å². The van der Waals surface area contributed by atoms with Crippen LogP contribution in [0.4, 0.5) is 4.79 Å². The Hall–Kier alpha value is -1.45. The monoisotopic (exact) mass is 149 g/mol. The summed E-state index contributed by atoms with van der Waals surface area (Å²) in [6, 6.07) is -0.280. The fraction of sp³-hybridized carbons (Fsp3) is 0.286. The summed E-state index contributed by atoms with van der Waals surface area (Å²) in [5, 5.41) is 2.68. The fourth-order valence-corrected chi connectivity index (χ4v) is 1.12. The molecule has 2 unspecified atom stereocenters. The maximum Gasteiger partial charge on any atom is 0.341 e. The normalized spacial score (nSPS) is 33.3. The van der Waals surface area contributed by atoms with Gasteiger partial charge in [0.2, 0.25) is 0 Å². The van der Waals surface area contributed by atoms with Crippen LogP contribution in [0.1, 0.15) is 0 Å². The first-order valence-corrected chi connectivity index (χ1v) is 3.41. The number of hydrogen-bond donors (Lipinski definition) is 1. The zero-order valence-electron chi connectivity index (χ0n) is 5.77. The van der Waals surface area contributed by atoms with Crippen LogP contribution in [0.3, 0.4) is 0 Å². The van der Waals surface area contributed by atoms with Gasteiger partial charge in [-0.15, -0.1) is 0 Å². The van der Waals surface area contributed by atoms with Crippen molar-refractivity contribution in [3.05, 3.63) is 12.3 Å². The Morgan fingerprint density at radius 3 is 3.27 bits per heavy atom. The number of hydrogen-bond acceptors (Lipinski definition) is 2. The van der Waals surface area contributed by atoms with E-state index >= 15 is 0 Å². The van der Waals surface area contributed by atoms with Crippen molar-refractivity contribution in [2.24, 2.45) is 15.9 Å². The molecule has 1 N–H and O–H groups in total. The minimum Gasteiger partial charge on any atom is -0.328 e. The third kappa shape index (κ3) is 1.07. The Labute approximate surface area is 63.7 Å². The zero-order chi connectivity index (χ0) is 7.68. The molecule has 0 aromatic rings. The van der Waals surface area contributed by atoms with E-state index in [1.54, 1.807) is 18.6 Å². The molecule has 0 bridgehead atoms. The zero-order valence-corrected chi connectivity index (χ0v) is 5.77. The van der Waals surface area contributed by atoms with Crippen LogP contribution >= 0.6 is 0 Å². The summed E-state index contributed by atoms with van der Waals surface area (Å²) >= 11 is 0. The van der Waals surface area contributed by atoms with Crippen LogP contribution in [0.2, 0.25) is 0 Å². The Morgan fingerprint density at radius 1 is 1.45 bits per heavy atom. The molecule has 2 atom stereocenters. The minimum absolute atomic E-state index is 0.00463. The quantitative estimate of drug-likeness (QED) is 0.531. The number of nitrogens with one attached hydrogen (secondary N) is 1. The first kappa shape index (κ1) is 6.27. The highest BCUT2D eigenvalue weighted by Crippen LogP contribution is 2.10. The molecule has 0 radical (unpaired) electrons. The van der Waals surface area contributed by atoms with Crippen LogP contribution in [0, 0.1) is 5.92 Å². The molecular formula is C7H7N3O. The summed E-state index contributed by atoms with van der Waals surface area (Å²) in [5.74, 6) is 0.185. The molecule has 4 heteroatoms. The van der Waals surface area contributed by atoms with Crippen molar-refractivity contribution in [2.45, 2.75) is 6.04 Å². The van der Waals surface area contributed by atoms with Gasteiger partial charge in [-0.1, -0.05) is 6.08 Å². The number of rotatable bonds is 0. The van der Waals surface area contributed by atoms with E-state index in [9.17, 15) is 4.79 Å². The number of nitrogens with zero attached hydrogens (tertiary/aromatic N) is 2. The predicted octanol–water partition coefficient (Wildman–Crippen LogP) is 0.363. The highest BCUT2D eigenvalue weighted by atomic mass is 16.2. The number of urea groups is 1. The molecule has 2 aliphatic heterocycles. The van der Waals surface area contributed by atoms with Crippen molar-refractivity contribution in [2.75, 3.05) is 0 Å². The van der Waals surface area contributed by atoms with Crippen molar-refractivity contribution < 1.29 is 4.79 Å². The van der Waals surface area contributed by atoms with Gasteiger partial charge < -0.3 is 5.32 Å². The number of amides is 2. The molecule has 2 amide bonds. The third-order valence-corrected chi connectivity index (χ3v) is 1.71. The number of carbonyl (C=O) groups excluding carboxylic acids is 1. The van der Waals surface area contributed by atoms with E-state index < -0.39 is 0 Å². The molecule has 0 saturated heterocycles. The Kier molecular flexibility index (Phi) is 1.31. The second-order valence-corrected chi connectivity index (χ2v) is 2.47. The van der Waals surface area contributed by atoms with E-state index in [2.05, 4.69) is 15.3 Å². The summed E-state index contributed by atoms with van der Waals surface area (Å²) in [6.07, 6.45) is 6.98. The Morgan fingerprint density at radius 2 is 2.36 bits per heavy atom. The van der Waals surface area contributed by atoms with Crippen LogP contribution in [0.25, 0.3) is 0 Å². The Bertz CT molecular complexity index is 267. The molecule has 2 rings (SSSR count). The minimum atomic E-state index is -0.284. The van der Waals surface area contributed by atoms with Gasteiger partial charge in [0.25, 0.3) is 0 Å². The molecule has 0 aromatic heterocycles. The Balaban J connectivity index is 2.26. The molecule has 0 spiro atoms. The van der Waals surface area contributed by atoms with Gasteiger partial charge in [-0.25, -0.2) is 9.79 Å². The second-order valence-electron chi connectivity index (χ2n) is 2.47. The lowest BCUT2D eigenvalue weighted by Gasteiger charge is -2.23. The van der Waals surface area contributed by atoms with E-state index in [0.717, 1.165) is 0 Å². The van der Waals surface area contributed by atoms with Gasteiger partial charge in [-0.05, 0) is 0 Å². The lowest BCUT2D eigenvalue weighted by atomic mass is 9.99. The van der Waals surface area contributed by atoms with Crippen molar-refractivity contribution in [3.8, 4) is 0 Å². The lowest BCUT2D eigenvalue weighted by Crippen LogP contribution is -2.44. The molecular weight excluding hydrogens is 142 g/mol. The number of aliphatic imine (C=N–C) groups is 2. The molecule has 2 heterocycles. The molecule has 0 aromatic carbocycles. The highest BCUT2D eigenvalue weighted by Gasteiger charge is 2.23. The maximum absolute atomic E-state index is 10.7. The van der Waals surface area contributed by atoms with Gasteiger partial charge in [0.15, 0.2) is 0 Å². The number of carbonyl (C=O) groups is 1. The van der Waals surface area contributed by atoms with Crippen molar-refractivity contribution in [1.82, 2.24) is 5.32 Å². The summed E-state index contributed by atoms with van der Waals surface area (Å²) < 4.78 is 0. The first-order chi connectivity index (χ1) is 5.36. The molecule has 0 fully saturated rings. The van der Waals surface area contributed by atoms with Gasteiger partial charge in [0, 0.05) is 24.5 Å². The SMILES string of the molecule is O=C1N=CC2C=CN=CC2N1. The molecule has 11 heavy (non-hydrogen) atoms. The standard InChI is InChI=1S/C7H7N3O/c11-7-9-3-5-1-2-8-4-6(5)10-7/h1-6H,(H,10,11). The van der Waals surface area contributed by atoms with Crippen molar-refractivity contribution >= 4 is 18.5 Å². The molecule has 0 saturated carbocycles. The lowest BCUT2D eigenvalue weighted by molar-refractivity contribution is 0.246. The molecule has 56 valence electrons. The van der Waals surface area contributed by atoms with Gasteiger partial charge in [-0.3, -0.25) is 4.99 Å². The van der Waals surface area contributed by atoms with E-state index in [0.29, 0.717) is 0 Å². The molecule has 4 nitrogen and oxygen atoms in total. The summed E-state index contributed by atoms with van der Waals surface area (Å²) in [6.45, 7) is 0. The summed E-state index contributed by atoms with van der Waals surface area (Å²) in [5.41, 5.74) is 0. The first-order valence-electron chi connectivity index (χ1n) is 3.41. The van der Waals surface area contributed by atoms with Crippen LogP contribution in [0.5, 0.6) is 0 Å². The van der Waals surface area contributed by atoms with E-state index in [-0.39, 0.29) is 18.0 Å². The number of fused-ring (bicyclic) bond motifs is 1. The van der Waals surface area contributed by atoms with Gasteiger partial charge >= 0.3 is 6.03 Å². The van der Waals surface area contributed by atoms with Crippen molar-refractivity contribution in [3.63, 3.8) is 0 Å². The van der Waals surface area contributed by atoms with E-state index in [1.807, 2.05) is 6.08 Å².